The van der Waals surface area contributed by atoms with Crippen molar-refractivity contribution in [1.82, 2.24) is 0 Å². The summed E-state index contributed by atoms with van der Waals surface area (Å²) in [5.41, 5.74) is -1.88. The molecule has 0 aliphatic carbocycles. The molecule has 1 heterocycles. The summed E-state index contributed by atoms with van der Waals surface area (Å²) in [6, 6.07) is 2.79. The van der Waals surface area contributed by atoms with Gasteiger partial charge in [-0.2, -0.15) is 13.2 Å². The van der Waals surface area contributed by atoms with Crippen molar-refractivity contribution in [2.24, 2.45) is 0 Å². The summed E-state index contributed by atoms with van der Waals surface area (Å²) in [6.45, 7) is 0.709. The molecule has 0 saturated carbocycles. The van der Waals surface area contributed by atoms with Crippen LogP contribution in [-0.4, -0.2) is 18.5 Å². The average Bonchev–Trinajstić information content (AvgIpc) is 2.90. The highest BCUT2D eigenvalue weighted by Crippen LogP contribution is 2.32. The molecule has 116 valence electrons. The Morgan fingerprint density at radius 3 is 2.71 bits per heavy atom. The number of carbonyl (C=O) groups excluding carboxylic acids is 1. The van der Waals surface area contributed by atoms with Crippen molar-refractivity contribution in [3.8, 4) is 0 Å². The molecule has 1 saturated heterocycles. The Kier molecular flexibility index (Phi) is 4.98. The van der Waals surface area contributed by atoms with Gasteiger partial charge >= 0.3 is 6.18 Å². The van der Waals surface area contributed by atoms with E-state index < -0.39 is 28.9 Å². The van der Waals surface area contributed by atoms with E-state index >= 15 is 0 Å². The van der Waals surface area contributed by atoms with Gasteiger partial charge in [-0.3, -0.25) is 4.79 Å². The van der Waals surface area contributed by atoms with Crippen LogP contribution in [0.3, 0.4) is 0 Å². The van der Waals surface area contributed by atoms with Gasteiger partial charge < -0.3 is 4.74 Å². The Hall–Kier alpha value is -1.43. The zero-order chi connectivity index (χ0) is 15.5. The molecule has 1 aromatic rings. The first kappa shape index (κ1) is 15.9. The molecule has 0 amide bonds. The molecular formula is C15H16F4O2. The number of rotatable bonds is 5. The van der Waals surface area contributed by atoms with Crippen LogP contribution in [0.1, 0.15) is 48.0 Å². The van der Waals surface area contributed by atoms with Gasteiger partial charge in [0.15, 0.2) is 5.78 Å². The summed E-state index contributed by atoms with van der Waals surface area (Å²) in [5.74, 6) is -2.08. The summed E-state index contributed by atoms with van der Waals surface area (Å²) in [7, 11) is 0. The summed E-state index contributed by atoms with van der Waals surface area (Å²) in [6.07, 6.45) is -1.57. The van der Waals surface area contributed by atoms with Gasteiger partial charge in [0, 0.05) is 13.0 Å². The van der Waals surface area contributed by atoms with E-state index in [1.54, 1.807) is 0 Å². The predicted octanol–water partition coefficient (Wildman–Crippen LogP) is 4.38. The summed E-state index contributed by atoms with van der Waals surface area (Å²) >= 11 is 0. The molecule has 21 heavy (non-hydrogen) atoms. The highest BCUT2D eigenvalue weighted by atomic mass is 19.4. The number of benzene rings is 1. The van der Waals surface area contributed by atoms with Gasteiger partial charge in [0.05, 0.1) is 17.2 Å². The Morgan fingerprint density at radius 2 is 2.10 bits per heavy atom. The first-order valence-electron chi connectivity index (χ1n) is 6.90. The standard InChI is InChI=1S/C15H16F4O2/c16-14-11(6-2-7-12(14)15(17,18)19)13(20)8-1-4-10-5-3-9-21-10/h2,6-7,10H,1,3-5,8-9H2. The molecule has 0 bridgehead atoms. The molecule has 1 atom stereocenters. The first-order valence-corrected chi connectivity index (χ1v) is 6.90. The Morgan fingerprint density at radius 1 is 1.33 bits per heavy atom. The fourth-order valence-corrected chi connectivity index (χ4v) is 2.46. The Balaban J connectivity index is 1.98. The van der Waals surface area contributed by atoms with Crippen molar-refractivity contribution in [3.05, 3.63) is 35.1 Å². The highest BCUT2D eigenvalue weighted by molar-refractivity contribution is 5.96. The summed E-state index contributed by atoms with van der Waals surface area (Å²) < 4.78 is 56.9. The predicted molar refractivity (Wildman–Crippen MR) is 68.6 cm³/mol. The maximum absolute atomic E-state index is 13.8. The maximum atomic E-state index is 13.8. The summed E-state index contributed by atoms with van der Waals surface area (Å²) in [5, 5.41) is 0. The quantitative estimate of drug-likeness (QED) is 0.596. The van der Waals surface area contributed by atoms with E-state index in [-0.39, 0.29) is 12.5 Å². The molecule has 1 unspecified atom stereocenters. The van der Waals surface area contributed by atoms with Crippen molar-refractivity contribution in [2.75, 3.05) is 6.61 Å². The highest BCUT2D eigenvalue weighted by Gasteiger charge is 2.35. The molecule has 1 aliphatic rings. The van der Waals surface area contributed by atoms with Crippen molar-refractivity contribution in [3.63, 3.8) is 0 Å². The second kappa shape index (κ2) is 6.56. The minimum atomic E-state index is -4.79. The Bertz CT molecular complexity index is 505. The van der Waals surface area contributed by atoms with Crippen LogP contribution in [0.5, 0.6) is 0 Å². The number of alkyl halides is 3. The largest absolute Gasteiger partial charge is 0.419 e. The molecule has 1 fully saturated rings. The molecule has 0 aromatic heterocycles. The van der Waals surface area contributed by atoms with Crippen molar-refractivity contribution in [1.29, 1.82) is 0 Å². The van der Waals surface area contributed by atoms with Crippen LogP contribution in [0.4, 0.5) is 17.6 Å². The SMILES string of the molecule is O=C(CCCC1CCCO1)c1cccc(C(F)(F)F)c1F. The van der Waals surface area contributed by atoms with Gasteiger partial charge in [-0.05, 0) is 37.8 Å². The zero-order valence-electron chi connectivity index (χ0n) is 11.4. The third-order valence-corrected chi connectivity index (χ3v) is 3.56. The third-order valence-electron chi connectivity index (χ3n) is 3.56. The number of ketones is 1. The van der Waals surface area contributed by atoms with E-state index in [2.05, 4.69) is 0 Å². The molecule has 0 spiro atoms. The van der Waals surface area contributed by atoms with E-state index in [0.717, 1.165) is 25.0 Å². The monoisotopic (exact) mass is 304 g/mol. The van der Waals surface area contributed by atoms with Crippen LogP contribution in [0.15, 0.2) is 18.2 Å². The van der Waals surface area contributed by atoms with Crippen LogP contribution < -0.4 is 0 Å². The second-order valence-corrected chi connectivity index (χ2v) is 5.12. The molecule has 2 rings (SSSR count). The van der Waals surface area contributed by atoms with Gasteiger partial charge in [-0.25, -0.2) is 4.39 Å². The molecule has 0 N–H and O–H groups in total. The van der Waals surface area contributed by atoms with E-state index in [4.69, 9.17) is 4.74 Å². The minimum absolute atomic E-state index is 0.0259. The van der Waals surface area contributed by atoms with E-state index in [1.807, 2.05) is 0 Å². The zero-order valence-corrected chi connectivity index (χ0v) is 11.4. The van der Waals surface area contributed by atoms with Gasteiger partial charge in [0.2, 0.25) is 0 Å². The lowest BCUT2D eigenvalue weighted by Gasteiger charge is -2.11. The molecular weight excluding hydrogens is 288 g/mol. The topological polar surface area (TPSA) is 26.3 Å². The lowest BCUT2D eigenvalue weighted by atomic mass is 10.0. The van der Waals surface area contributed by atoms with Crippen molar-refractivity contribution < 1.29 is 27.1 Å². The van der Waals surface area contributed by atoms with E-state index in [1.165, 1.54) is 0 Å². The summed E-state index contributed by atoms with van der Waals surface area (Å²) in [4.78, 5) is 11.9. The molecule has 6 heteroatoms. The number of Topliss-reactive ketones (excluding diaryl/α,β-unsaturated/α-hetero) is 1. The third kappa shape index (κ3) is 4.03. The fraction of sp³-hybridized carbons (Fsp3) is 0.533. The van der Waals surface area contributed by atoms with Crippen molar-refractivity contribution >= 4 is 5.78 Å². The van der Waals surface area contributed by atoms with Crippen LogP contribution >= 0.6 is 0 Å². The van der Waals surface area contributed by atoms with Crippen LogP contribution in [-0.2, 0) is 10.9 Å². The van der Waals surface area contributed by atoms with Gasteiger partial charge in [0.1, 0.15) is 5.82 Å². The lowest BCUT2D eigenvalue weighted by Crippen LogP contribution is -2.13. The number of ether oxygens (including phenoxy) is 1. The second-order valence-electron chi connectivity index (χ2n) is 5.12. The van der Waals surface area contributed by atoms with Gasteiger partial charge in [-0.1, -0.05) is 6.07 Å². The van der Waals surface area contributed by atoms with E-state index in [9.17, 15) is 22.4 Å². The van der Waals surface area contributed by atoms with Crippen molar-refractivity contribution in [2.45, 2.75) is 44.4 Å². The normalized spacial score (nSPS) is 19.0. The Labute approximate surface area is 120 Å². The fourth-order valence-electron chi connectivity index (χ4n) is 2.46. The smallest absolute Gasteiger partial charge is 0.378 e. The molecule has 2 nitrogen and oxygen atoms in total. The molecule has 1 aromatic carbocycles. The number of hydrogen-bond donors (Lipinski definition) is 0. The van der Waals surface area contributed by atoms with Crippen LogP contribution in [0.2, 0.25) is 0 Å². The number of halogens is 4. The number of hydrogen-bond acceptors (Lipinski definition) is 2. The lowest BCUT2D eigenvalue weighted by molar-refractivity contribution is -0.140. The van der Waals surface area contributed by atoms with Gasteiger partial charge in [-0.15, -0.1) is 0 Å². The average molecular weight is 304 g/mol. The van der Waals surface area contributed by atoms with Crippen LogP contribution in [0.25, 0.3) is 0 Å². The van der Waals surface area contributed by atoms with Gasteiger partial charge in [0.25, 0.3) is 0 Å². The number of carbonyl (C=O) groups is 1. The molecule has 0 radical (unpaired) electrons. The minimum Gasteiger partial charge on any atom is -0.378 e. The first-order chi connectivity index (χ1) is 9.89. The van der Waals surface area contributed by atoms with Crippen LogP contribution in [0, 0.1) is 5.82 Å². The van der Waals surface area contributed by atoms with E-state index in [0.29, 0.717) is 25.5 Å². The molecule has 1 aliphatic heterocycles. The maximum Gasteiger partial charge on any atom is 0.419 e.